The summed E-state index contributed by atoms with van der Waals surface area (Å²) in [7, 11) is 1.77. The van der Waals surface area contributed by atoms with E-state index >= 15 is 0 Å². The summed E-state index contributed by atoms with van der Waals surface area (Å²) in [5.74, 6) is 0.720. The lowest BCUT2D eigenvalue weighted by molar-refractivity contribution is -0.130. The first-order valence-electron chi connectivity index (χ1n) is 9.62. The van der Waals surface area contributed by atoms with E-state index in [1.165, 1.54) is 12.1 Å². The highest BCUT2D eigenvalue weighted by atomic mass is 19.1. The van der Waals surface area contributed by atoms with Crippen molar-refractivity contribution in [3.63, 3.8) is 0 Å². The summed E-state index contributed by atoms with van der Waals surface area (Å²) in [6, 6.07) is 15.8. The summed E-state index contributed by atoms with van der Waals surface area (Å²) in [6.45, 7) is 0.470. The zero-order valence-corrected chi connectivity index (χ0v) is 16.5. The molecular formula is C23H21FN4O2. The molecule has 30 heavy (non-hydrogen) atoms. The molecule has 7 heteroatoms. The smallest absolute Gasteiger partial charge is 0.223 e. The fraction of sp³-hybridized carbons (Fsp3) is 0.174. The minimum absolute atomic E-state index is 0.0102. The van der Waals surface area contributed by atoms with Crippen LogP contribution in [0, 0.1) is 5.82 Å². The van der Waals surface area contributed by atoms with Gasteiger partial charge in [-0.05, 0) is 36.4 Å². The highest BCUT2D eigenvalue weighted by molar-refractivity contribution is 5.76. The third kappa shape index (κ3) is 4.63. The third-order valence-corrected chi connectivity index (χ3v) is 4.74. The van der Waals surface area contributed by atoms with Gasteiger partial charge in [0.1, 0.15) is 5.82 Å². The monoisotopic (exact) mass is 404 g/mol. The number of aromatic nitrogens is 3. The van der Waals surface area contributed by atoms with Crippen LogP contribution >= 0.6 is 0 Å². The average Bonchev–Trinajstić information content (AvgIpc) is 3.43. The molecule has 4 rings (SSSR count). The van der Waals surface area contributed by atoms with E-state index in [1.807, 2.05) is 36.5 Å². The summed E-state index contributed by atoms with van der Waals surface area (Å²) in [5, 5.41) is 4.36. The lowest BCUT2D eigenvalue weighted by atomic mass is 10.2. The summed E-state index contributed by atoms with van der Waals surface area (Å²) in [4.78, 5) is 18.4. The fourth-order valence-corrected chi connectivity index (χ4v) is 3.10. The van der Waals surface area contributed by atoms with E-state index in [2.05, 4.69) is 10.1 Å². The normalized spacial score (nSPS) is 10.9. The molecule has 6 nitrogen and oxygen atoms in total. The van der Waals surface area contributed by atoms with Crippen LogP contribution in [0.3, 0.4) is 0 Å². The number of amides is 1. The molecule has 0 N–H and O–H groups in total. The Morgan fingerprint density at radius 1 is 1.10 bits per heavy atom. The molecule has 2 aromatic carbocycles. The van der Waals surface area contributed by atoms with Gasteiger partial charge in [-0.25, -0.2) is 14.1 Å². The van der Waals surface area contributed by atoms with Crippen LogP contribution in [-0.4, -0.2) is 32.6 Å². The zero-order valence-electron chi connectivity index (χ0n) is 16.5. The zero-order chi connectivity index (χ0) is 20.9. The van der Waals surface area contributed by atoms with E-state index in [4.69, 9.17) is 4.42 Å². The lowest BCUT2D eigenvalue weighted by Gasteiger charge is -2.15. The molecule has 0 fully saturated rings. The summed E-state index contributed by atoms with van der Waals surface area (Å²) >= 11 is 0. The fourth-order valence-electron chi connectivity index (χ4n) is 3.10. The number of para-hydroxylation sites is 1. The SMILES string of the molecule is CN(Cc1cnn(-c2ccccc2)c1)C(=O)CCc1ncc(-c2ccc(F)cc2)o1. The van der Waals surface area contributed by atoms with Gasteiger partial charge in [-0.15, -0.1) is 0 Å². The van der Waals surface area contributed by atoms with Crippen molar-refractivity contribution in [1.82, 2.24) is 19.7 Å². The molecule has 0 unspecified atom stereocenters. The number of carbonyl (C=O) groups excluding carboxylic acids is 1. The van der Waals surface area contributed by atoms with Crippen LogP contribution in [0.4, 0.5) is 4.39 Å². The Morgan fingerprint density at radius 3 is 2.63 bits per heavy atom. The number of oxazole rings is 1. The summed E-state index contributed by atoms with van der Waals surface area (Å²) < 4.78 is 20.5. The second-order valence-electron chi connectivity index (χ2n) is 7.00. The van der Waals surface area contributed by atoms with Gasteiger partial charge in [0.25, 0.3) is 0 Å². The standard InChI is InChI=1S/C23H21FN4O2/c1-27(15-17-13-26-28(16-17)20-5-3-2-4-6-20)23(29)12-11-22-25-14-21(30-22)18-7-9-19(24)10-8-18/h2-10,13-14,16H,11-12,15H2,1H3. The Balaban J connectivity index is 1.31. The quantitative estimate of drug-likeness (QED) is 0.462. The molecule has 0 spiro atoms. The number of hydrogen-bond acceptors (Lipinski definition) is 4. The van der Waals surface area contributed by atoms with Crippen molar-refractivity contribution in [1.29, 1.82) is 0 Å². The van der Waals surface area contributed by atoms with Crippen molar-refractivity contribution in [3.8, 4) is 17.0 Å². The first kappa shape index (κ1) is 19.6. The van der Waals surface area contributed by atoms with Crippen LogP contribution < -0.4 is 0 Å². The maximum absolute atomic E-state index is 13.0. The first-order chi connectivity index (χ1) is 14.6. The molecular weight excluding hydrogens is 383 g/mol. The van der Waals surface area contributed by atoms with Gasteiger partial charge in [0.05, 0.1) is 18.1 Å². The Kier molecular flexibility index (Phi) is 5.70. The van der Waals surface area contributed by atoms with Gasteiger partial charge in [0, 0.05) is 43.8 Å². The van der Waals surface area contributed by atoms with Crippen molar-refractivity contribution in [2.24, 2.45) is 0 Å². The minimum atomic E-state index is -0.304. The maximum atomic E-state index is 13.0. The van der Waals surface area contributed by atoms with Gasteiger partial charge in [-0.1, -0.05) is 18.2 Å². The molecule has 0 atom stereocenters. The summed E-state index contributed by atoms with van der Waals surface area (Å²) in [5.41, 5.74) is 2.66. The first-order valence-corrected chi connectivity index (χ1v) is 9.62. The van der Waals surface area contributed by atoms with Gasteiger partial charge >= 0.3 is 0 Å². The third-order valence-electron chi connectivity index (χ3n) is 4.74. The van der Waals surface area contributed by atoms with Crippen LogP contribution in [-0.2, 0) is 17.8 Å². The van der Waals surface area contributed by atoms with Gasteiger partial charge < -0.3 is 9.32 Å². The van der Waals surface area contributed by atoms with E-state index in [0.717, 1.165) is 16.8 Å². The second kappa shape index (κ2) is 8.73. The van der Waals surface area contributed by atoms with E-state index in [9.17, 15) is 9.18 Å². The largest absolute Gasteiger partial charge is 0.441 e. The van der Waals surface area contributed by atoms with Crippen LogP contribution in [0.2, 0.25) is 0 Å². The molecule has 0 radical (unpaired) electrons. The van der Waals surface area contributed by atoms with Crippen LogP contribution in [0.25, 0.3) is 17.0 Å². The summed E-state index contributed by atoms with van der Waals surface area (Å²) in [6.07, 6.45) is 5.96. The predicted octanol–water partition coefficient (Wildman–Crippen LogP) is 4.26. The number of carbonyl (C=O) groups is 1. The minimum Gasteiger partial charge on any atom is -0.441 e. The van der Waals surface area contributed by atoms with Crippen molar-refractivity contribution < 1.29 is 13.6 Å². The van der Waals surface area contributed by atoms with E-state index in [-0.39, 0.29) is 18.1 Å². The molecule has 0 saturated heterocycles. The molecule has 0 saturated carbocycles. The average molecular weight is 404 g/mol. The molecule has 1 amide bonds. The van der Waals surface area contributed by atoms with Gasteiger partial charge in [0.2, 0.25) is 5.91 Å². The molecule has 0 aliphatic carbocycles. The Hall–Kier alpha value is -3.74. The molecule has 2 heterocycles. The molecule has 0 aliphatic heterocycles. The number of nitrogens with zero attached hydrogens (tertiary/aromatic N) is 4. The number of benzene rings is 2. The van der Waals surface area contributed by atoms with Crippen molar-refractivity contribution >= 4 is 5.91 Å². The predicted molar refractivity (Wildman–Crippen MR) is 110 cm³/mol. The van der Waals surface area contributed by atoms with Gasteiger partial charge in [0.15, 0.2) is 11.7 Å². The van der Waals surface area contributed by atoms with Gasteiger partial charge in [-0.3, -0.25) is 4.79 Å². The van der Waals surface area contributed by atoms with Crippen molar-refractivity contribution in [2.75, 3.05) is 7.05 Å². The number of aryl methyl sites for hydroxylation is 1. The maximum Gasteiger partial charge on any atom is 0.223 e. The van der Waals surface area contributed by atoms with Crippen molar-refractivity contribution in [2.45, 2.75) is 19.4 Å². The van der Waals surface area contributed by atoms with Crippen LogP contribution in [0.15, 0.2) is 77.6 Å². The Labute approximate surface area is 173 Å². The molecule has 2 aromatic heterocycles. The highest BCUT2D eigenvalue weighted by Gasteiger charge is 2.13. The van der Waals surface area contributed by atoms with Gasteiger partial charge in [-0.2, -0.15) is 5.10 Å². The number of rotatable bonds is 7. The molecule has 0 bridgehead atoms. The highest BCUT2D eigenvalue weighted by Crippen LogP contribution is 2.21. The van der Waals surface area contributed by atoms with E-state index in [0.29, 0.717) is 24.6 Å². The van der Waals surface area contributed by atoms with E-state index in [1.54, 1.807) is 41.2 Å². The molecule has 4 aromatic rings. The second-order valence-corrected chi connectivity index (χ2v) is 7.00. The van der Waals surface area contributed by atoms with Crippen LogP contribution in [0.5, 0.6) is 0 Å². The number of halogens is 1. The van der Waals surface area contributed by atoms with E-state index < -0.39 is 0 Å². The molecule has 0 aliphatic rings. The van der Waals surface area contributed by atoms with Crippen LogP contribution in [0.1, 0.15) is 17.9 Å². The molecule has 152 valence electrons. The Bertz CT molecular complexity index is 1120. The lowest BCUT2D eigenvalue weighted by Crippen LogP contribution is -2.26. The Morgan fingerprint density at radius 2 is 1.87 bits per heavy atom. The number of hydrogen-bond donors (Lipinski definition) is 0. The topological polar surface area (TPSA) is 64.2 Å². The van der Waals surface area contributed by atoms with Crippen molar-refractivity contribution in [3.05, 3.63) is 90.5 Å².